The molecule has 0 bridgehead atoms. The van der Waals surface area contributed by atoms with Crippen LogP contribution in [0.3, 0.4) is 0 Å². The predicted molar refractivity (Wildman–Crippen MR) is 57.4 cm³/mol. The van der Waals surface area contributed by atoms with Gasteiger partial charge in [0.1, 0.15) is 5.69 Å². The summed E-state index contributed by atoms with van der Waals surface area (Å²) in [7, 11) is 1.68. The molecular weight excluding hydrogens is 212 g/mol. The molecule has 1 aliphatic carbocycles. The molecular formula is C11H17F2N3. The highest BCUT2D eigenvalue weighted by Crippen LogP contribution is 2.48. The van der Waals surface area contributed by atoms with Crippen LogP contribution in [0.4, 0.5) is 8.78 Å². The number of hydrogen-bond acceptors (Lipinski definition) is 2. The van der Waals surface area contributed by atoms with Crippen LogP contribution in [0.5, 0.6) is 0 Å². The largest absolute Gasteiger partial charge is 0.330 e. The maximum Gasteiger partial charge on any atom is 0.282 e. The van der Waals surface area contributed by atoms with Crippen LogP contribution in [0, 0.1) is 0 Å². The van der Waals surface area contributed by atoms with Gasteiger partial charge >= 0.3 is 0 Å². The van der Waals surface area contributed by atoms with Gasteiger partial charge in [0.25, 0.3) is 6.43 Å². The normalized spacial score (nSPS) is 18.8. The van der Waals surface area contributed by atoms with Gasteiger partial charge in [-0.2, -0.15) is 5.10 Å². The van der Waals surface area contributed by atoms with E-state index in [9.17, 15) is 8.78 Å². The van der Waals surface area contributed by atoms with Crippen LogP contribution in [0.1, 0.15) is 43.4 Å². The minimum atomic E-state index is -2.49. The van der Waals surface area contributed by atoms with E-state index in [4.69, 9.17) is 5.73 Å². The molecule has 0 saturated heterocycles. The smallest absolute Gasteiger partial charge is 0.282 e. The van der Waals surface area contributed by atoms with Gasteiger partial charge in [-0.1, -0.05) is 6.42 Å². The summed E-state index contributed by atoms with van der Waals surface area (Å²) in [4.78, 5) is 0. The van der Waals surface area contributed by atoms with Gasteiger partial charge in [-0.3, -0.25) is 4.68 Å². The number of nitrogens with two attached hydrogens (primary N) is 1. The molecule has 0 aliphatic heterocycles. The third-order valence-corrected chi connectivity index (χ3v) is 3.57. The van der Waals surface area contributed by atoms with E-state index in [0.717, 1.165) is 25.7 Å². The van der Waals surface area contributed by atoms with Crippen molar-refractivity contribution in [2.45, 2.75) is 37.5 Å². The standard InChI is InChI=1S/C11H17F2N3/c1-16-7-8(9(15-16)10(12)13)11(5-6-14)3-2-4-11/h7,10H,2-6,14H2,1H3. The average molecular weight is 229 g/mol. The van der Waals surface area contributed by atoms with Gasteiger partial charge < -0.3 is 5.73 Å². The van der Waals surface area contributed by atoms with E-state index in [1.165, 1.54) is 4.68 Å². The lowest BCUT2D eigenvalue weighted by molar-refractivity contribution is 0.137. The van der Waals surface area contributed by atoms with Crippen LogP contribution in [0.15, 0.2) is 6.20 Å². The molecule has 1 aromatic rings. The topological polar surface area (TPSA) is 43.8 Å². The van der Waals surface area contributed by atoms with Crippen molar-refractivity contribution in [2.75, 3.05) is 6.54 Å². The second kappa shape index (κ2) is 4.13. The Labute approximate surface area is 93.6 Å². The zero-order valence-corrected chi connectivity index (χ0v) is 9.42. The highest BCUT2D eigenvalue weighted by Gasteiger charge is 2.42. The van der Waals surface area contributed by atoms with Gasteiger partial charge in [0.05, 0.1) is 0 Å². The molecule has 90 valence electrons. The van der Waals surface area contributed by atoms with Crippen LogP contribution in [-0.2, 0) is 12.5 Å². The zero-order valence-electron chi connectivity index (χ0n) is 9.42. The second-order valence-electron chi connectivity index (χ2n) is 4.57. The molecule has 0 atom stereocenters. The Bertz CT molecular complexity index is 369. The maximum atomic E-state index is 12.9. The summed E-state index contributed by atoms with van der Waals surface area (Å²) in [5.41, 5.74) is 6.10. The van der Waals surface area contributed by atoms with Crippen LogP contribution < -0.4 is 5.73 Å². The number of rotatable bonds is 4. The predicted octanol–water partition coefficient (Wildman–Crippen LogP) is 2.13. The molecule has 0 aromatic carbocycles. The van der Waals surface area contributed by atoms with E-state index >= 15 is 0 Å². The van der Waals surface area contributed by atoms with Crippen molar-refractivity contribution in [3.8, 4) is 0 Å². The number of aromatic nitrogens is 2. The van der Waals surface area contributed by atoms with Crippen molar-refractivity contribution >= 4 is 0 Å². The van der Waals surface area contributed by atoms with Crippen molar-refractivity contribution < 1.29 is 8.78 Å². The summed E-state index contributed by atoms with van der Waals surface area (Å²) >= 11 is 0. The second-order valence-corrected chi connectivity index (χ2v) is 4.57. The number of halogens is 2. The number of aryl methyl sites for hydroxylation is 1. The summed E-state index contributed by atoms with van der Waals surface area (Å²) in [5.74, 6) is 0. The van der Waals surface area contributed by atoms with Crippen molar-refractivity contribution in [3.05, 3.63) is 17.5 Å². The quantitative estimate of drug-likeness (QED) is 0.859. The Hall–Kier alpha value is -0.970. The third-order valence-electron chi connectivity index (χ3n) is 3.57. The fourth-order valence-corrected chi connectivity index (χ4v) is 2.61. The minimum absolute atomic E-state index is 0.0596. The van der Waals surface area contributed by atoms with Gasteiger partial charge in [-0.25, -0.2) is 8.78 Å². The van der Waals surface area contributed by atoms with E-state index in [0.29, 0.717) is 12.1 Å². The summed E-state index contributed by atoms with van der Waals surface area (Å²) in [5, 5.41) is 3.87. The first-order valence-electron chi connectivity index (χ1n) is 5.61. The van der Waals surface area contributed by atoms with Crippen LogP contribution >= 0.6 is 0 Å². The first-order valence-corrected chi connectivity index (χ1v) is 5.61. The Kier molecular flexibility index (Phi) is 2.97. The molecule has 0 radical (unpaired) electrons. The third kappa shape index (κ3) is 1.73. The Morgan fingerprint density at radius 1 is 1.56 bits per heavy atom. The first-order chi connectivity index (χ1) is 7.59. The highest BCUT2D eigenvalue weighted by molar-refractivity contribution is 5.31. The Morgan fingerprint density at radius 3 is 2.69 bits per heavy atom. The molecule has 0 amide bonds. The van der Waals surface area contributed by atoms with E-state index in [-0.39, 0.29) is 11.1 Å². The average Bonchev–Trinajstić information content (AvgIpc) is 2.54. The Morgan fingerprint density at radius 2 is 2.25 bits per heavy atom. The van der Waals surface area contributed by atoms with Crippen molar-refractivity contribution in [1.82, 2.24) is 9.78 Å². The van der Waals surface area contributed by atoms with Gasteiger partial charge in [0.15, 0.2) is 0 Å². The summed E-state index contributed by atoms with van der Waals surface area (Å²) in [6.45, 7) is 0.539. The molecule has 5 heteroatoms. The van der Waals surface area contributed by atoms with Gasteiger partial charge in [-0.05, 0) is 25.8 Å². The van der Waals surface area contributed by atoms with E-state index in [2.05, 4.69) is 5.10 Å². The highest BCUT2D eigenvalue weighted by atomic mass is 19.3. The molecule has 1 heterocycles. The SMILES string of the molecule is Cn1cc(C2(CCN)CCC2)c(C(F)F)n1. The lowest BCUT2D eigenvalue weighted by Crippen LogP contribution is -2.37. The van der Waals surface area contributed by atoms with E-state index in [1.807, 2.05) is 0 Å². The molecule has 1 fully saturated rings. The van der Waals surface area contributed by atoms with E-state index < -0.39 is 6.43 Å². The number of nitrogens with zero attached hydrogens (tertiary/aromatic N) is 2. The van der Waals surface area contributed by atoms with Gasteiger partial charge in [0.2, 0.25) is 0 Å². The van der Waals surface area contributed by atoms with Crippen LogP contribution in [-0.4, -0.2) is 16.3 Å². The number of alkyl halides is 2. The molecule has 1 aliphatic rings. The van der Waals surface area contributed by atoms with Gasteiger partial charge in [-0.15, -0.1) is 0 Å². The molecule has 16 heavy (non-hydrogen) atoms. The zero-order chi connectivity index (χ0) is 11.8. The van der Waals surface area contributed by atoms with E-state index in [1.54, 1.807) is 13.2 Å². The molecule has 0 unspecified atom stereocenters. The molecule has 1 saturated carbocycles. The molecule has 1 aromatic heterocycles. The summed E-state index contributed by atoms with van der Waals surface area (Å²) in [6.07, 6.45) is 3.02. The lowest BCUT2D eigenvalue weighted by atomic mass is 9.62. The molecule has 0 spiro atoms. The minimum Gasteiger partial charge on any atom is -0.330 e. The van der Waals surface area contributed by atoms with Crippen molar-refractivity contribution in [1.29, 1.82) is 0 Å². The fraction of sp³-hybridized carbons (Fsp3) is 0.727. The van der Waals surface area contributed by atoms with Crippen LogP contribution in [0.25, 0.3) is 0 Å². The van der Waals surface area contributed by atoms with Gasteiger partial charge in [0, 0.05) is 24.2 Å². The van der Waals surface area contributed by atoms with Crippen molar-refractivity contribution in [3.63, 3.8) is 0 Å². The Balaban J connectivity index is 2.37. The van der Waals surface area contributed by atoms with Crippen LogP contribution in [0.2, 0.25) is 0 Å². The first kappa shape index (κ1) is 11.5. The summed E-state index contributed by atoms with van der Waals surface area (Å²) in [6, 6.07) is 0. The van der Waals surface area contributed by atoms with Crippen molar-refractivity contribution in [2.24, 2.45) is 12.8 Å². The molecule has 2 rings (SSSR count). The number of hydrogen-bond donors (Lipinski definition) is 1. The lowest BCUT2D eigenvalue weighted by Gasteiger charge is -2.42. The monoisotopic (exact) mass is 229 g/mol. The fourth-order valence-electron chi connectivity index (χ4n) is 2.61. The summed E-state index contributed by atoms with van der Waals surface area (Å²) < 4.78 is 27.2. The molecule has 3 nitrogen and oxygen atoms in total. The maximum absolute atomic E-state index is 12.9. The molecule has 2 N–H and O–H groups in total.